The molecule has 0 amide bonds. The number of ether oxygens (including phenoxy) is 1. The predicted octanol–water partition coefficient (Wildman–Crippen LogP) is -0.283. The summed E-state index contributed by atoms with van der Waals surface area (Å²) >= 11 is 0. The maximum atomic E-state index is 9.55. The second-order valence-corrected chi connectivity index (χ2v) is 0.742. The molecule has 0 radical (unpaired) electrons. The van der Waals surface area contributed by atoms with Gasteiger partial charge in [0.05, 0.1) is 1.37 Å². The molecule has 0 heterocycles. The molecule has 0 aromatic rings. The monoisotopic (exact) mass is 91.0 g/mol. The first-order chi connectivity index (χ1) is 3.27. The van der Waals surface area contributed by atoms with Crippen molar-refractivity contribution < 1.29 is 16.0 Å². The molecule has 36 valence electrons. The van der Waals surface area contributed by atoms with E-state index in [1.807, 2.05) is 0 Å². The zero-order valence-corrected chi connectivity index (χ0v) is 3.18. The summed E-state index contributed by atoms with van der Waals surface area (Å²) in [5.41, 5.74) is 0. The first kappa shape index (κ1) is 3.61. The van der Waals surface area contributed by atoms with E-state index < -0.39 is 5.97 Å². The van der Waals surface area contributed by atoms with Crippen LogP contribution in [0.15, 0.2) is 0 Å². The Kier molecular flexibility index (Phi) is 1.60. The SMILES string of the molecule is [2H]COCC(=O)O. The third-order valence-electron chi connectivity index (χ3n) is 0.226. The smallest absolute Gasteiger partial charge is 0.329 e. The van der Waals surface area contributed by atoms with Crippen molar-refractivity contribution in [3.05, 3.63) is 0 Å². The van der Waals surface area contributed by atoms with Crippen molar-refractivity contribution in [1.29, 1.82) is 0 Å². The van der Waals surface area contributed by atoms with Crippen molar-refractivity contribution in [2.24, 2.45) is 0 Å². The van der Waals surface area contributed by atoms with Gasteiger partial charge in [-0.15, -0.1) is 0 Å². The van der Waals surface area contributed by atoms with Crippen LogP contribution >= 0.6 is 0 Å². The van der Waals surface area contributed by atoms with Gasteiger partial charge in [0.25, 0.3) is 0 Å². The molecule has 1 N–H and O–H groups in total. The van der Waals surface area contributed by atoms with E-state index in [9.17, 15) is 4.79 Å². The van der Waals surface area contributed by atoms with E-state index in [-0.39, 0.29) is 13.7 Å². The topological polar surface area (TPSA) is 46.5 Å². The molecule has 0 unspecified atom stereocenters. The standard InChI is InChI=1S/C3H6O3/c1-6-2-3(4)5/h2H2,1H3,(H,4,5)/i1D. The van der Waals surface area contributed by atoms with E-state index in [1.54, 1.807) is 0 Å². The molecule has 0 rings (SSSR count). The second-order valence-electron chi connectivity index (χ2n) is 0.742. The van der Waals surface area contributed by atoms with E-state index in [0.29, 0.717) is 0 Å². The summed E-state index contributed by atoms with van der Waals surface area (Å²) in [4.78, 5) is 9.55. The summed E-state index contributed by atoms with van der Waals surface area (Å²) < 4.78 is 10.5. The Labute approximate surface area is 36.9 Å². The van der Waals surface area contributed by atoms with Gasteiger partial charge in [-0.2, -0.15) is 0 Å². The van der Waals surface area contributed by atoms with E-state index in [0.717, 1.165) is 0 Å². The van der Waals surface area contributed by atoms with Gasteiger partial charge in [0.1, 0.15) is 6.61 Å². The molecule has 6 heavy (non-hydrogen) atoms. The third-order valence-corrected chi connectivity index (χ3v) is 0.226. The van der Waals surface area contributed by atoms with E-state index >= 15 is 0 Å². The minimum atomic E-state index is -1.03. The molecule has 3 heteroatoms. The van der Waals surface area contributed by atoms with Crippen LogP contribution in [0.25, 0.3) is 0 Å². The summed E-state index contributed by atoms with van der Waals surface area (Å²) in [7, 11) is -0.285. The third kappa shape index (κ3) is 3.43. The Morgan fingerprint density at radius 1 is 2.33 bits per heavy atom. The Morgan fingerprint density at radius 2 is 3.00 bits per heavy atom. The van der Waals surface area contributed by atoms with Crippen LogP contribution in [0, 0.1) is 0 Å². The van der Waals surface area contributed by atoms with Crippen LogP contribution in [0.5, 0.6) is 0 Å². The van der Waals surface area contributed by atoms with Crippen LogP contribution in [0.1, 0.15) is 1.37 Å². The first-order valence-corrected chi connectivity index (χ1v) is 1.36. The number of carboxylic acid groups (broad SMARTS) is 1. The van der Waals surface area contributed by atoms with Crippen LogP contribution in [0.4, 0.5) is 0 Å². The maximum Gasteiger partial charge on any atom is 0.329 e. The lowest BCUT2D eigenvalue weighted by Gasteiger charge is -1.83. The van der Waals surface area contributed by atoms with Gasteiger partial charge < -0.3 is 9.84 Å². The molecular weight excluding hydrogens is 84.0 g/mol. The first-order valence-electron chi connectivity index (χ1n) is 2.07. The predicted molar refractivity (Wildman–Crippen MR) is 19.5 cm³/mol. The summed E-state index contributed by atoms with van der Waals surface area (Å²) in [6.45, 7) is -0.372. The van der Waals surface area contributed by atoms with Crippen molar-refractivity contribution in [2.45, 2.75) is 0 Å². The number of methoxy groups -OCH3 is 1. The highest BCUT2D eigenvalue weighted by atomic mass is 16.5. The van der Waals surface area contributed by atoms with Crippen molar-refractivity contribution in [3.63, 3.8) is 0 Å². The molecule has 0 spiro atoms. The van der Waals surface area contributed by atoms with Gasteiger partial charge in [0, 0.05) is 7.09 Å². The highest BCUT2D eigenvalue weighted by Gasteiger charge is 1.87. The molecule has 0 aromatic carbocycles. The molecule has 0 bridgehead atoms. The number of carboxylic acids is 1. The van der Waals surface area contributed by atoms with Gasteiger partial charge in [0.15, 0.2) is 0 Å². The van der Waals surface area contributed by atoms with Crippen molar-refractivity contribution in [3.8, 4) is 0 Å². The van der Waals surface area contributed by atoms with Crippen LogP contribution in [0.2, 0.25) is 0 Å². The van der Waals surface area contributed by atoms with Gasteiger partial charge in [-0.1, -0.05) is 0 Å². The average molecular weight is 91.1 g/mol. The molecule has 0 saturated heterocycles. The molecule has 0 aliphatic heterocycles. The fourth-order valence-electron chi connectivity index (χ4n) is 0.0873. The second kappa shape index (κ2) is 2.66. The van der Waals surface area contributed by atoms with Gasteiger partial charge >= 0.3 is 5.97 Å². The van der Waals surface area contributed by atoms with Crippen LogP contribution in [-0.2, 0) is 9.53 Å². The maximum absolute atomic E-state index is 9.55. The van der Waals surface area contributed by atoms with E-state index in [1.165, 1.54) is 0 Å². The van der Waals surface area contributed by atoms with Gasteiger partial charge in [-0.05, 0) is 0 Å². The van der Waals surface area contributed by atoms with Gasteiger partial charge in [0.2, 0.25) is 0 Å². The minimum Gasteiger partial charge on any atom is -0.480 e. The largest absolute Gasteiger partial charge is 0.480 e. The Bertz CT molecular complexity index is 63.2. The summed E-state index contributed by atoms with van der Waals surface area (Å²) in [5, 5.41) is 7.84. The molecule has 3 nitrogen and oxygen atoms in total. The van der Waals surface area contributed by atoms with E-state index in [2.05, 4.69) is 4.74 Å². The zero-order chi connectivity index (χ0) is 5.70. The number of aliphatic carboxylic acids is 1. The van der Waals surface area contributed by atoms with Crippen LogP contribution in [0.3, 0.4) is 0 Å². The summed E-state index contributed by atoms with van der Waals surface area (Å²) in [6, 6.07) is 0. The summed E-state index contributed by atoms with van der Waals surface area (Å²) in [5.74, 6) is -1.03. The van der Waals surface area contributed by atoms with Gasteiger partial charge in [-0.25, -0.2) is 4.79 Å². The van der Waals surface area contributed by atoms with Crippen LogP contribution in [-0.4, -0.2) is 24.8 Å². The average Bonchev–Trinajstić information content (AvgIpc) is 1.61. The number of hydrogen-bond acceptors (Lipinski definition) is 2. The zero-order valence-electron chi connectivity index (χ0n) is 4.18. The lowest BCUT2D eigenvalue weighted by molar-refractivity contribution is -0.141. The quantitative estimate of drug-likeness (QED) is 0.508. The fourth-order valence-corrected chi connectivity index (χ4v) is 0.0873. The van der Waals surface area contributed by atoms with E-state index in [4.69, 9.17) is 6.48 Å². The Balaban J connectivity index is 2.82. The fraction of sp³-hybridized carbons (Fsp3) is 0.667. The molecule has 0 aliphatic rings. The number of hydrogen-bond donors (Lipinski definition) is 1. The lowest BCUT2D eigenvalue weighted by atomic mass is 10.8. The van der Waals surface area contributed by atoms with Crippen LogP contribution < -0.4 is 0 Å². The highest BCUT2D eigenvalue weighted by Crippen LogP contribution is 1.61. The lowest BCUT2D eigenvalue weighted by Crippen LogP contribution is -2.02. The minimum absolute atomic E-state index is 0.285. The summed E-state index contributed by atoms with van der Waals surface area (Å²) in [6.07, 6.45) is 0. The van der Waals surface area contributed by atoms with Crippen molar-refractivity contribution in [2.75, 3.05) is 13.7 Å². The molecular formula is C3H6O3. The molecule has 0 atom stereocenters. The number of rotatable bonds is 2. The Hall–Kier alpha value is -0.570. The Morgan fingerprint density at radius 3 is 3.17 bits per heavy atom. The number of carbonyl (C=O) groups is 1. The van der Waals surface area contributed by atoms with Crippen molar-refractivity contribution in [1.82, 2.24) is 0 Å². The van der Waals surface area contributed by atoms with Crippen molar-refractivity contribution >= 4 is 5.97 Å². The normalized spacial score (nSPS) is 10.3. The highest BCUT2D eigenvalue weighted by molar-refractivity contribution is 5.67. The molecule has 0 aromatic heterocycles. The van der Waals surface area contributed by atoms with Gasteiger partial charge in [-0.3, -0.25) is 0 Å². The molecule has 0 saturated carbocycles. The molecule has 0 aliphatic carbocycles. The molecule has 0 fully saturated rings.